The maximum atomic E-state index is 5.58. The molecule has 18 heavy (non-hydrogen) atoms. The highest BCUT2D eigenvalue weighted by atomic mass is 15.2. The SMILES string of the molecule is Cn1ccc(CN2CCCN(CCCN)CC2)c1. The summed E-state index contributed by atoms with van der Waals surface area (Å²) < 4.78 is 2.13. The van der Waals surface area contributed by atoms with Gasteiger partial charge in [0.2, 0.25) is 0 Å². The van der Waals surface area contributed by atoms with Crippen molar-refractivity contribution < 1.29 is 0 Å². The number of nitrogens with two attached hydrogens (primary N) is 1. The van der Waals surface area contributed by atoms with Gasteiger partial charge in [-0.1, -0.05) is 0 Å². The van der Waals surface area contributed by atoms with Crippen molar-refractivity contribution in [2.24, 2.45) is 12.8 Å². The van der Waals surface area contributed by atoms with Crippen LogP contribution in [0.4, 0.5) is 0 Å². The van der Waals surface area contributed by atoms with Crippen LogP contribution in [0.25, 0.3) is 0 Å². The number of hydrogen-bond donors (Lipinski definition) is 1. The van der Waals surface area contributed by atoms with Crippen molar-refractivity contribution in [3.8, 4) is 0 Å². The Bertz CT molecular complexity index is 347. The molecule has 0 bridgehead atoms. The van der Waals surface area contributed by atoms with Gasteiger partial charge in [-0.25, -0.2) is 0 Å². The van der Waals surface area contributed by atoms with E-state index in [2.05, 4.69) is 39.9 Å². The van der Waals surface area contributed by atoms with E-state index in [0.717, 1.165) is 26.1 Å². The first kappa shape index (κ1) is 13.6. The normalized spacial score (nSPS) is 19.0. The van der Waals surface area contributed by atoms with E-state index in [1.54, 1.807) is 0 Å². The third-order valence-electron chi connectivity index (χ3n) is 3.66. The van der Waals surface area contributed by atoms with Crippen molar-refractivity contribution in [1.82, 2.24) is 14.4 Å². The lowest BCUT2D eigenvalue weighted by Gasteiger charge is -2.21. The summed E-state index contributed by atoms with van der Waals surface area (Å²) in [6, 6.07) is 2.22. The molecule has 0 atom stereocenters. The van der Waals surface area contributed by atoms with Crippen molar-refractivity contribution >= 4 is 0 Å². The quantitative estimate of drug-likeness (QED) is 0.843. The number of hydrogen-bond acceptors (Lipinski definition) is 3. The van der Waals surface area contributed by atoms with Crippen molar-refractivity contribution in [1.29, 1.82) is 0 Å². The molecule has 102 valence electrons. The fourth-order valence-corrected chi connectivity index (χ4v) is 2.63. The van der Waals surface area contributed by atoms with E-state index in [9.17, 15) is 0 Å². The van der Waals surface area contributed by atoms with E-state index < -0.39 is 0 Å². The topological polar surface area (TPSA) is 37.4 Å². The summed E-state index contributed by atoms with van der Waals surface area (Å²) >= 11 is 0. The van der Waals surface area contributed by atoms with Gasteiger partial charge in [-0.15, -0.1) is 0 Å². The van der Waals surface area contributed by atoms with Crippen LogP contribution in [-0.4, -0.2) is 53.6 Å². The van der Waals surface area contributed by atoms with Gasteiger partial charge in [0.1, 0.15) is 0 Å². The average molecular weight is 250 g/mol. The molecule has 0 spiro atoms. The van der Waals surface area contributed by atoms with Crippen LogP contribution in [0.1, 0.15) is 18.4 Å². The zero-order chi connectivity index (χ0) is 12.8. The largest absolute Gasteiger partial charge is 0.357 e. The van der Waals surface area contributed by atoms with Gasteiger partial charge < -0.3 is 15.2 Å². The minimum absolute atomic E-state index is 0.810. The Morgan fingerprint density at radius 1 is 1.17 bits per heavy atom. The molecule has 0 amide bonds. The lowest BCUT2D eigenvalue weighted by atomic mass is 10.3. The van der Waals surface area contributed by atoms with E-state index in [4.69, 9.17) is 5.73 Å². The number of rotatable bonds is 5. The molecule has 1 aliphatic rings. The minimum Gasteiger partial charge on any atom is -0.357 e. The monoisotopic (exact) mass is 250 g/mol. The Hall–Kier alpha value is -0.840. The molecular weight excluding hydrogens is 224 g/mol. The molecule has 2 N–H and O–H groups in total. The maximum Gasteiger partial charge on any atom is 0.0249 e. The Morgan fingerprint density at radius 2 is 1.94 bits per heavy atom. The molecule has 1 aromatic rings. The number of aromatic nitrogens is 1. The highest BCUT2D eigenvalue weighted by Gasteiger charge is 2.14. The second-order valence-corrected chi connectivity index (χ2v) is 5.30. The fraction of sp³-hybridized carbons (Fsp3) is 0.714. The lowest BCUT2D eigenvalue weighted by Crippen LogP contribution is -2.31. The molecule has 0 aromatic carbocycles. The van der Waals surface area contributed by atoms with Gasteiger partial charge in [0.25, 0.3) is 0 Å². The van der Waals surface area contributed by atoms with E-state index in [1.165, 1.54) is 38.2 Å². The second-order valence-electron chi connectivity index (χ2n) is 5.30. The Labute approximate surface area is 110 Å². The Balaban J connectivity index is 1.78. The molecule has 0 saturated carbocycles. The summed E-state index contributed by atoms with van der Waals surface area (Å²) in [6.07, 6.45) is 6.74. The van der Waals surface area contributed by atoms with Crippen molar-refractivity contribution in [2.45, 2.75) is 19.4 Å². The third kappa shape index (κ3) is 4.12. The van der Waals surface area contributed by atoms with Crippen LogP contribution in [0.15, 0.2) is 18.5 Å². The van der Waals surface area contributed by atoms with Crippen LogP contribution in [0.2, 0.25) is 0 Å². The van der Waals surface area contributed by atoms with Gasteiger partial charge in [-0.3, -0.25) is 4.90 Å². The van der Waals surface area contributed by atoms with Gasteiger partial charge in [0.15, 0.2) is 0 Å². The summed E-state index contributed by atoms with van der Waals surface area (Å²) in [5.41, 5.74) is 7.00. The molecule has 4 nitrogen and oxygen atoms in total. The Morgan fingerprint density at radius 3 is 2.67 bits per heavy atom. The first-order chi connectivity index (χ1) is 8.78. The van der Waals surface area contributed by atoms with Crippen molar-refractivity contribution in [2.75, 3.05) is 39.3 Å². The lowest BCUT2D eigenvalue weighted by molar-refractivity contribution is 0.251. The maximum absolute atomic E-state index is 5.58. The molecule has 0 radical (unpaired) electrons. The Kier molecular flexibility index (Phi) is 5.23. The standard InChI is InChI=1S/C14H26N4/c1-16-9-4-14(12-16)13-18-8-3-7-17(10-11-18)6-2-5-15/h4,9,12H,2-3,5-8,10-11,13,15H2,1H3. The predicted molar refractivity (Wildman–Crippen MR) is 75.4 cm³/mol. The molecule has 4 heteroatoms. The summed E-state index contributed by atoms with van der Waals surface area (Å²) in [5.74, 6) is 0. The average Bonchev–Trinajstić information content (AvgIpc) is 2.63. The van der Waals surface area contributed by atoms with E-state index >= 15 is 0 Å². The number of aryl methyl sites for hydroxylation is 1. The highest BCUT2D eigenvalue weighted by molar-refractivity contribution is 5.09. The molecule has 1 saturated heterocycles. The highest BCUT2D eigenvalue weighted by Crippen LogP contribution is 2.09. The van der Waals surface area contributed by atoms with Gasteiger partial charge in [-0.2, -0.15) is 0 Å². The summed E-state index contributed by atoms with van der Waals surface area (Å²) in [7, 11) is 2.08. The summed E-state index contributed by atoms with van der Waals surface area (Å²) in [6.45, 7) is 7.87. The van der Waals surface area contributed by atoms with Crippen molar-refractivity contribution in [3.63, 3.8) is 0 Å². The van der Waals surface area contributed by atoms with Crippen molar-refractivity contribution in [3.05, 3.63) is 24.0 Å². The summed E-state index contributed by atoms with van der Waals surface area (Å²) in [5, 5.41) is 0. The van der Waals surface area contributed by atoms with E-state index in [0.29, 0.717) is 0 Å². The van der Waals surface area contributed by atoms with Crippen LogP contribution in [0.3, 0.4) is 0 Å². The zero-order valence-corrected chi connectivity index (χ0v) is 11.5. The van der Waals surface area contributed by atoms with Crippen LogP contribution < -0.4 is 5.73 Å². The third-order valence-corrected chi connectivity index (χ3v) is 3.66. The van der Waals surface area contributed by atoms with E-state index in [-0.39, 0.29) is 0 Å². The molecule has 0 aliphatic carbocycles. The van der Waals surface area contributed by atoms with Crippen LogP contribution >= 0.6 is 0 Å². The van der Waals surface area contributed by atoms with Crippen LogP contribution in [0, 0.1) is 0 Å². The van der Waals surface area contributed by atoms with Crippen LogP contribution in [0.5, 0.6) is 0 Å². The van der Waals surface area contributed by atoms with Gasteiger partial charge in [0, 0.05) is 39.1 Å². The first-order valence-corrected chi connectivity index (χ1v) is 7.03. The fourth-order valence-electron chi connectivity index (χ4n) is 2.63. The summed E-state index contributed by atoms with van der Waals surface area (Å²) in [4.78, 5) is 5.12. The zero-order valence-electron chi connectivity index (χ0n) is 11.5. The molecular formula is C14H26N4. The van der Waals surface area contributed by atoms with Gasteiger partial charge >= 0.3 is 0 Å². The molecule has 2 heterocycles. The smallest absolute Gasteiger partial charge is 0.0249 e. The minimum atomic E-state index is 0.810. The first-order valence-electron chi connectivity index (χ1n) is 7.03. The second kappa shape index (κ2) is 6.92. The number of nitrogens with zero attached hydrogens (tertiary/aromatic N) is 3. The molecule has 0 unspecified atom stereocenters. The molecule has 1 aromatic heterocycles. The molecule has 1 fully saturated rings. The van der Waals surface area contributed by atoms with Gasteiger partial charge in [-0.05, 0) is 50.7 Å². The van der Waals surface area contributed by atoms with Gasteiger partial charge in [0.05, 0.1) is 0 Å². The van der Waals surface area contributed by atoms with E-state index in [1.807, 2.05) is 0 Å². The predicted octanol–water partition coefficient (Wildman–Crippen LogP) is 0.882. The molecule has 2 rings (SSSR count). The molecule has 1 aliphatic heterocycles. The van der Waals surface area contributed by atoms with Crippen LogP contribution in [-0.2, 0) is 13.6 Å².